The maximum Gasteiger partial charge on any atom is 0.242 e. The van der Waals surface area contributed by atoms with Crippen LogP contribution in [0.5, 0.6) is 5.75 Å². The molecule has 0 aromatic heterocycles. The minimum atomic E-state index is -0.451. The van der Waals surface area contributed by atoms with Gasteiger partial charge in [-0.1, -0.05) is 48.5 Å². The summed E-state index contributed by atoms with van der Waals surface area (Å²) >= 11 is 1.47. The number of amides is 2. The molecule has 29 heavy (non-hydrogen) atoms. The fraction of sp³-hybridized carbons (Fsp3) is 0.130. The highest BCUT2D eigenvalue weighted by Crippen LogP contribution is 2.37. The first-order chi connectivity index (χ1) is 14.1. The van der Waals surface area contributed by atoms with Crippen molar-refractivity contribution >= 4 is 35.0 Å². The van der Waals surface area contributed by atoms with Gasteiger partial charge in [-0.3, -0.25) is 9.59 Å². The van der Waals surface area contributed by atoms with Crippen molar-refractivity contribution < 1.29 is 14.3 Å². The molecule has 1 atom stereocenters. The molecule has 0 bridgehead atoms. The van der Waals surface area contributed by atoms with Crippen molar-refractivity contribution in [1.29, 1.82) is 0 Å². The van der Waals surface area contributed by atoms with E-state index in [0.29, 0.717) is 17.1 Å². The zero-order valence-electron chi connectivity index (χ0n) is 16.2. The summed E-state index contributed by atoms with van der Waals surface area (Å²) in [4.78, 5) is 25.6. The maximum atomic E-state index is 13.2. The summed E-state index contributed by atoms with van der Waals surface area (Å²) in [6.07, 6.45) is 0. The van der Waals surface area contributed by atoms with Gasteiger partial charge in [0.15, 0.2) is 0 Å². The Hall–Kier alpha value is -3.25. The number of anilines is 2. The van der Waals surface area contributed by atoms with Crippen molar-refractivity contribution in [3.8, 4) is 5.75 Å². The first-order valence-corrected chi connectivity index (χ1v) is 9.98. The molecule has 0 aliphatic heterocycles. The third-order valence-corrected chi connectivity index (χ3v) is 5.38. The lowest BCUT2D eigenvalue weighted by Gasteiger charge is -2.19. The first kappa shape index (κ1) is 20.5. The lowest BCUT2D eigenvalue weighted by molar-refractivity contribution is -0.116. The molecule has 0 saturated carbocycles. The van der Waals surface area contributed by atoms with Crippen molar-refractivity contribution in [3.63, 3.8) is 0 Å². The number of carbonyl (C=O) groups excluding carboxylic acids is 2. The molecule has 6 heteroatoms. The molecule has 0 spiro atoms. The van der Waals surface area contributed by atoms with Crippen LogP contribution in [-0.2, 0) is 9.59 Å². The highest BCUT2D eigenvalue weighted by Gasteiger charge is 2.23. The van der Waals surface area contributed by atoms with E-state index in [4.69, 9.17) is 4.74 Å². The van der Waals surface area contributed by atoms with E-state index in [2.05, 4.69) is 10.6 Å². The molecular weight excluding hydrogens is 384 g/mol. The Morgan fingerprint density at radius 1 is 0.897 bits per heavy atom. The smallest absolute Gasteiger partial charge is 0.242 e. The van der Waals surface area contributed by atoms with E-state index in [9.17, 15) is 9.59 Å². The van der Waals surface area contributed by atoms with Gasteiger partial charge in [-0.25, -0.2) is 0 Å². The second-order valence-electron chi connectivity index (χ2n) is 6.31. The van der Waals surface area contributed by atoms with Gasteiger partial charge in [-0.2, -0.15) is 0 Å². The number of nitrogens with one attached hydrogen (secondary N) is 2. The second kappa shape index (κ2) is 9.80. The van der Waals surface area contributed by atoms with Gasteiger partial charge in [0.05, 0.1) is 12.8 Å². The molecule has 3 rings (SSSR count). The van der Waals surface area contributed by atoms with Crippen LogP contribution in [0.2, 0.25) is 0 Å². The van der Waals surface area contributed by atoms with E-state index >= 15 is 0 Å². The van der Waals surface area contributed by atoms with Gasteiger partial charge in [0.1, 0.15) is 11.0 Å². The topological polar surface area (TPSA) is 67.4 Å². The van der Waals surface area contributed by atoms with E-state index in [0.717, 1.165) is 10.5 Å². The molecule has 0 heterocycles. The Balaban J connectivity index is 1.89. The Labute approximate surface area is 174 Å². The normalized spacial score (nSPS) is 11.4. The van der Waals surface area contributed by atoms with Gasteiger partial charge >= 0.3 is 0 Å². The SMILES string of the molecule is COc1ccc(NC(C)=O)cc1NC(=O)[C@H](Sc1ccccc1)c1ccccc1. The van der Waals surface area contributed by atoms with Crippen molar-refractivity contribution in [2.24, 2.45) is 0 Å². The average Bonchev–Trinajstić information content (AvgIpc) is 2.73. The number of carbonyl (C=O) groups is 2. The number of ether oxygens (including phenoxy) is 1. The van der Waals surface area contributed by atoms with Gasteiger partial charge < -0.3 is 15.4 Å². The van der Waals surface area contributed by atoms with Gasteiger partial charge in [0.2, 0.25) is 11.8 Å². The van der Waals surface area contributed by atoms with Crippen LogP contribution in [-0.4, -0.2) is 18.9 Å². The number of thioether (sulfide) groups is 1. The van der Waals surface area contributed by atoms with Gasteiger partial charge in [-0.15, -0.1) is 11.8 Å². The number of benzene rings is 3. The minimum absolute atomic E-state index is 0.177. The average molecular weight is 407 g/mol. The Morgan fingerprint density at radius 2 is 1.55 bits per heavy atom. The standard InChI is InChI=1S/C23H22N2O3S/c1-16(26)24-18-13-14-21(28-2)20(15-18)25-23(27)22(17-9-5-3-6-10-17)29-19-11-7-4-8-12-19/h3-15,22H,1-2H3,(H,24,26)(H,25,27)/t22-/m1/s1. The molecule has 2 amide bonds. The molecule has 2 N–H and O–H groups in total. The van der Waals surface area contributed by atoms with Crippen LogP contribution in [0.4, 0.5) is 11.4 Å². The quantitative estimate of drug-likeness (QED) is 0.534. The van der Waals surface area contributed by atoms with Crippen LogP contribution in [0.15, 0.2) is 83.8 Å². The summed E-state index contributed by atoms with van der Waals surface area (Å²) in [7, 11) is 1.54. The third kappa shape index (κ3) is 5.62. The number of hydrogen-bond donors (Lipinski definition) is 2. The fourth-order valence-corrected chi connectivity index (χ4v) is 3.87. The predicted octanol–water partition coefficient (Wildman–Crippen LogP) is 5.13. The highest BCUT2D eigenvalue weighted by atomic mass is 32.2. The van der Waals surface area contributed by atoms with Crippen LogP contribution in [0.1, 0.15) is 17.7 Å². The molecule has 0 unspecified atom stereocenters. The molecule has 148 valence electrons. The summed E-state index contributed by atoms with van der Waals surface area (Å²) in [5, 5.41) is 5.23. The van der Waals surface area contributed by atoms with E-state index in [-0.39, 0.29) is 11.8 Å². The Morgan fingerprint density at radius 3 is 2.17 bits per heavy atom. The fourth-order valence-electron chi connectivity index (χ4n) is 2.82. The third-order valence-electron chi connectivity index (χ3n) is 4.12. The lowest BCUT2D eigenvalue weighted by atomic mass is 10.1. The molecule has 3 aromatic carbocycles. The number of rotatable bonds is 7. The van der Waals surface area contributed by atoms with Crippen LogP contribution in [0.3, 0.4) is 0 Å². The van der Waals surface area contributed by atoms with Crippen molar-refractivity contribution in [3.05, 3.63) is 84.4 Å². The summed E-state index contributed by atoms with van der Waals surface area (Å²) in [5.74, 6) is 0.154. The van der Waals surface area contributed by atoms with E-state index in [1.165, 1.54) is 25.8 Å². The molecule has 3 aromatic rings. The number of methoxy groups -OCH3 is 1. The zero-order chi connectivity index (χ0) is 20.6. The van der Waals surface area contributed by atoms with Crippen molar-refractivity contribution in [2.75, 3.05) is 17.7 Å². The van der Waals surface area contributed by atoms with Crippen LogP contribution >= 0.6 is 11.8 Å². The van der Waals surface area contributed by atoms with E-state index in [1.54, 1.807) is 18.2 Å². The van der Waals surface area contributed by atoms with Crippen LogP contribution in [0.25, 0.3) is 0 Å². The summed E-state index contributed by atoms with van der Waals surface area (Å²) in [5.41, 5.74) is 1.98. The molecule has 0 fully saturated rings. The molecule has 0 aliphatic carbocycles. The molecule has 0 saturated heterocycles. The molecule has 0 radical (unpaired) electrons. The van der Waals surface area contributed by atoms with E-state index < -0.39 is 5.25 Å². The van der Waals surface area contributed by atoms with Crippen molar-refractivity contribution in [2.45, 2.75) is 17.1 Å². The van der Waals surface area contributed by atoms with Gasteiger partial charge in [-0.05, 0) is 35.9 Å². The monoisotopic (exact) mass is 406 g/mol. The lowest BCUT2D eigenvalue weighted by Crippen LogP contribution is -2.19. The predicted molar refractivity (Wildman–Crippen MR) is 117 cm³/mol. The van der Waals surface area contributed by atoms with Gasteiger partial charge in [0.25, 0.3) is 0 Å². The highest BCUT2D eigenvalue weighted by molar-refractivity contribution is 8.00. The molecular formula is C23H22N2O3S. The largest absolute Gasteiger partial charge is 0.495 e. The van der Waals surface area contributed by atoms with Crippen LogP contribution < -0.4 is 15.4 Å². The molecule has 0 aliphatic rings. The van der Waals surface area contributed by atoms with Gasteiger partial charge in [0, 0.05) is 17.5 Å². The first-order valence-electron chi connectivity index (χ1n) is 9.10. The zero-order valence-corrected chi connectivity index (χ0v) is 17.0. The minimum Gasteiger partial charge on any atom is -0.495 e. The maximum absolute atomic E-state index is 13.2. The Bertz CT molecular complexity index is 978. The second-order valence-corrected chi connectivity index (χ2v) is 7.49. The molecule has 5 nitrogen and oxygen atoms in total. The Kier molecular flexibility index (Phi) is 6.92. The summed E-state index contributed by atoms with van der Waals surface area (Å²) in [6.45, 7) is 1.43. The van der Waals surface area contributed by atoms with Crippen LogP contribution in [0, 0.1) is 0 Å². The number of hydrogen-bond acceptors (Lipinski definition) is 4. The van der Waals surface area contributed by atoms with Crippen molar-refractivity contribution in [1.82, 2.24) is 0 Å². The summed E-state index contributed by atoms with van der Waals surface area (Å²) in [6, 6.07) is 24.5. The summed E-state index contributed by atoms with van der Waals surface area (Å²) < 4.78 is 5.38. The van der Waals surface area contributed by atoms with E-state index in [1.807, 2.05) is 60.7 Å².